The van der Waals surface area contributed by atoms with Crippen LogP contribution >= 0.6 is 0 Å². The van der Waals surface area contributed by atoms with Crippen molar-refractivity contribution in [2.45, 2.75) is 64.7 Å². The number of carboxylic acid groups (broad SMARTS) is 1. The second-order valence-electron chi connectivity index (χ2n) is 4.19. The Kier molecular flexibility index (Phi) is 9.81. The summed E-state index contributed by atoms with van der Waals surface area (Å²) in [4.78, 5) is 10.2. The second-order valence-corrected chi connectivity index (χ2v) is 5.15. The van der Waals surface area contributed by atoms with E-state index in [4.69, 9.17) is 5.11 Å². The Bertz CT molecular complexity index is 336. The quantitative estimate of drug-likeness (QED) is 0.485. The smallest absolute Gasteiger partial charge is 0.347 e. The van der Waals surface area contributed by atoms with Crippen LogP contribution < -0.4 is 0 Å². The summed E-state index contributed by atoms with van der Waals surface area (Å²) in [6.07, 6.45) is 8.89. The van der Waals surface area contributed by atoms with Gasteiger partial charge in [-0.25, -0.2) is 4.79 Å². The predicted octanol–water partition coefficient (Wildman–Crippen LogP) is 2.65. The van der Waals surface area contributed by atoms with Gasteiger partial charge in [-0.1, -0.05) is 51.9 Å². The fraction of sp³-hybridized carbons (Fsp3) is 0.833. The van der Waals surface area contributed by atoms with E-state index in [9.17, 15) is 13.2 Å². The number of carboxylic acids is 1. The van der Waals surface area contributed by atoms with Crippen LogP contribution in [-0.2, 0) is 15.1 Å². The lowest BCUT2D eigenvalue weighted by atomic mass is 10.1. The number of aliphatic carboxylic acids is 1. The van der Waals surface area contributed by atoms with Gasteiger partial charge in [0, 0.05) is 0 Å². The number of hydrogen-bond donors (Lipinski definition) is 1. The number of rotatable bonds is 10. The van der Waals surface area contributed by atoms with Crippen molar-refractivity contribution in [2.75, 3.05) is 0 Å². The standard InChI is InChI=1S/C12H22O4S/c1-2-3-4-5-6-7-8-9-10-11(12(13)14)17(15)16/h2-10H2,1H3,(H,13,14). The van der Waals surface area contributed by atoms with E-state index in [2.05, 4.69) is 6.92 Å². The summed E-state index contributed by atoms with van der Waals surface area (Å²) in [6, 6.07) is 0. The average molecular weight is 262 g/mol. The van der Waals surface area contributed by atoms with Crippen molar-refractivity contribution in [1.29, 1.82) is 0 Å². The SMILES string of the molecule is CCCCCCCCCCC(C(=O)O)=S(=O)=O. The van der Waals surface area contributed by atoms with Crippen LogP contribution in [0.5, 0.6) is 0 Å². The molecule has 0 aromatic heterocycles. The van der Waals surface area contributed by atoms with E-state index >= 15 is 0 Å². The van der Waals surface area contributed by atoms with Gasteiger partial charge in [-0.3, -0.25) is 0 Å². The van der Waals surface area contributed by atoms with Gasteiger partial charge in [-0.05, 0) is 12.8 Å². The first-order valence-corrected chi connectivity index (χ1v) is 7.35. The van der Waals surface area contributed by atoms with Crippen LogP contribution in [0.1, 0.15) is 64.7 Å². The molecule has 17 heavy (non-hydrogen) atoms. The molecule has 0 heterocycles. The molecular formula is C12H22O4S. The van der Waals surface area contributed by atoms with Crippen molar-refractivity contribution < 1.29 is 18.3 Å². The van der Waals surface area contributed by atoms with Crippen LogP contribution in [0.3, 0.4) is 0 Å². The number of carbonyl (C=O) groups is 1. The van der Waals surface area contributed by atoms with E-state index in [1.165, 1.54) is 25.7 Å². The highest BCUT2D eigenvalue weighted by Crippen LogP contribution is 2.09. The maximum atomic E-state index is 10.6. The van der Waals surface area contributed by atoms with Crippen molar-refractivity contribution in [3.63, 3.8) is 0 Å². The predicted molar refractivity (Wildman–Crippen MR) is 68.8 cm³/mol. The molecule has 0 spiro atoms. The first-order chi connectivity index (χ1) is 8.09. The summed E-state index contributed by atoms with van der Waals surface area (Å²) in [7, 11) is -2.58. The minimum atomic E-state index is -2.58. The van der Waals surface area contributed by atoms with Gasteiger partial charge < -0.3 is 5.11 Å². The Morgan fingerprint density at radius 2 is 1.41 bits per heavy atom. The lowest BCUT2D eigenvalue weighted by Crippen LogP contribution is -2.13. The van der Waals surface area contributed by atoms with Crippen molar-refractivity contribution in [2.24, 2.45) is 0 Å². The van der Waals surface area contributed by atoms with Crippen LogP contribution in [-0.4, -0.2) is 24.4 Å². The van der Waals surface area contributed by atoms with Crippen molar-refractivity contribution in [3.8, 4) is 0 Å². The lowest BCUT2D eigenvalue weighted by molar-refractivity contribution is -0.129. The zero-order chi connectivity index (χ0) is 13.1. The highest BCUT2D eigenvalue weighted by molar-refractivity contribution is 7.74. The van der Waals surface area contributed by atoms with Crippen molar-refractivity contribution in [1.82, 2.24) is 0 Å². The second kappa shape index (κ2) is 10.3. The normalized spacial score (nSPS) is 10.2. The number of unbranched alkanes of at least 4 members (excludes halogenated alkanes) is 7. The molecule has 0 unspecified atom stereocenters. The maximum Gasteiger partial charge on any atom is 0.347 e. The molecule has 0 fully saturated rings. The molecule has 0 aliphatic carbocycles. The van der Waals surface area contributed by atoms with E-state index in [-0.39, 0.29) is 6.42 Å². The summed E-state index contributed by atoms with van der Waals surface area (Å²) in [6.45, 7) is 2.17. The molecule has 0 radical (unpaired) electrons. The van der Waals surface area contributed by atoms with Gasteiger partial charge in [0.2, 0.25) is 10.3 Å². The molecule has 1 N–H and O–H groups in total. The van der Waals surface area contributed by atoms with E-state index in [1.807, 2.05) is 0 Å². The van der Waals surface area contributed by atoms with Crippen LogP contribution in [0.15, 0.2) is 0 Å². The van der Waals surface area contributed by atoms with E-state index in [0.29, 0.717) is 6.42 Å². The molecular weight excluding hydrogens is 240 g/mol. The molecule has 0 saturated carbocycles. The molecule has 100 valence electrons. The van der Waals surface area contributed by atoms with E-state index < -0.39 is 21.1 Å². The van der Waals surface area contributed by atoms with E-state index in [1.54, 1.807) is 0 Å². The Hall–Kier alpha value is -0.840. The summed E-state index contributed by atoms with van der Waals surface area (Å²) >= 11 is 0. The fourth-order valence-corrected chi connectivity index (χ4v) is 2.13. The Morgan fingerprint density at radius 3 is 1.82 bits per heavy atom. The molecule has 0 aliphatic rings. The van der Waals surface area contributed by atoms with Crippen LogP contribution in [0.4, 0.5) is 0 Å². The summed E-state index contributed by atoms with van der Waals surface area (Å²) in [5.41, 5.74) is 0. The third-order valence-electron chi connectivity index (χ3n) is 2.70. The minimum absolute atomic E-state index is 0.153. The monoisotopic (exact) mass is 262 g/mol. The molecule has 0 aliphatic heterocycles. The molecule has 4 nitrogen and oxygen atoms in total. The Morgan fingerprint density at radius 1 is 0.941 bits per heavy atom. The first-order valence-electron chi connectivity index (χ1n) is 6.28. The summed E-state index contributed by atoms with van der Waals surface area (Å²) in [5.74, 6) is -1.32. The molecule has 0 bridgehead atoms. The highest BCUT2D eigenvalue weighted by Gasteiger charge is 2.10. The molecule has 0 atom stereocenters. The zero-order valence-corrected chi connectivity index (χ0v) is 11.3. The third-order valence-corrected chi connectivity index (χ3v) is 3.48. The van der Waals surface area contributed by atoms with Crippen molar-refractivity contribution in [3.05, 3.63) is 0 Å². The van der Waals surface area contributed by atoms with Gasteiger partial charge in [0.15, 0.2) is 4.86 Å². The largest absolute Gasteiger partial charge is 0.477 e. The van der Waals surface area contributed by atoms with Gasteiger partial charge in [0.1, 0.15) is 0 Å². The van der Waals surface area contributed by atoms with Gasteiger partial charge in [-0.15, -0.1) is 0 Å². The summed E-state index contributed by atoms with van der Waals surface area (Å²) in [5, 5.41) is 8.61. The average Bonchev–Trinajstić information content (AvgIpc) is 2.26. The van der Waals surface area contributed by atoms with E-state index in [0.717, 1.165) is 19.3 Å². The Balaban J connectivity index is 3.58. The topological polar surface area (TPSA) is 71.4 Å². The third kappa shape index (κ3) is 8.92. The highest BCUT2D eigenvalue weighted by atomic mass is 32.2. The van der Waals surface area contributed by atoms with Gasteiger partial charge in [0.25, 0.3) is 0 Å². The zero-order valence-electron chi connectivity index (χ0n) is 10.4. The van der Waals surface area contributed by atoms with Crippen LogP contribution in [0.2, 0.25) is 0 Å². The lowest BCUT2D eigenvalue weighted by Gasteiger charge is -2.00. The Labute approximate surface area is 105 Å². The molecule has 0 rings (SSSR count). The molecule has 0 aromatic rings. The van der Waals surface area contributed by atoms with Crippen molar-refractivity contribution >= 4 is 21.1 Å². The van der Waals surface area contributed by atoms with Crippen LogP contribution in [0, 0.1) is 0 Å². The number of hydrogen-bond acceptors (Lipinski definition) is 3. The molecule has 0 aromatic carbocycles. The van der Waals surface area contributed by atoms with Gasteiger partial charge in [0.05, 0.1) is 0 Å². The molecule has 0 amide bonds. The van der Waals surface area contributed by atoms with Gasteiger partial charge >= 0.3 is 5.97 Å². The van der Waals surface area contributed by atoms with Crippen LogP contribution in [0.25, 0.3) is 0 Å². The van der Waals surface area contributed by atoms with Gasteiger partial charge in [-0.2, -0.15) is 8.42 Å². The molecule has 5 heteroatoms. The first kappa shape index (κ1) is 16.2. The minimum Gasteiger partial charge on any atom is -0.477 e. The maximum absolute atomic E-state index is 10.6. The molecule has 0 saturated heterocycles. The fourth-order valence-electron chi connectivity index (χ4n) is 1.68. The summed E-state index contributed by atoms with van der Waals surface area (Å²) < 4.78 is 21.1.